The molecule has 0 unspecified atom stereocenters. The standard InChI is InChI=1S/C17H16FN5O7S/c1-2-29-16(26)10-6-20-17(22-15(10)19)31-8-14(25)30-7-13(24)21-12-5-9(23(27)28)3-4-11(12)18/h3-6H,2,7-8H2,1H3,(H,21,24)(H2,19,20,22). The molecular formula is C17H16FN5O7S. The Hall–Kier alpha value is -3.81. The summed E-state index contributed by atoms with van der Waals surface area (Å²) in [6, 6.07) is 2.61. The monoisotopic (exact) mass is 453 g/mol. The Morgan fingerprint density at radius 3 is 2.71 bits per heavy atom. The highest BCUT2D eigenvalue weighted by molar-refractivity contribution is 7.99. The number of nitro benzene ring substituents is 1. The number of hydrogen-bond acceptors (Lipinski definition) is 11. The number of thioether (sulfide) groups is 1. The summed E-state index contributed by atoms with van der Waals surface area (Å²) in [5, 5.41) is 12.9. The number of ether oxygens (including phenoxy) is 2. The molecule has 0 aliphatic rings. The number of amides is 1. The van der Waals surface area contributed by atoms with E-state index in [0.717, 1.165) is 36.2 Å². The second kappa shape index (κ2) is 10.8. The zero-order chi connectivity index (χ0) is 23.0. The van der Waals surface area contributed by atoms with Gasteiger partial charge in [-0.2, -0.15) is 0 Å². The molecule has 0 saturated carbocycles. The molecule has 0 fully saturated rings. The number of anilines is 2. The maximum absolute atomic E-state index is 13.7. The Bertz CT molecular complexity index is 1020. The van der Waals surface area contributed by atoms with Gasteiger partial charge < -0.3 is 20.5 Å². The van der Waals surface area contributed by atoms with E-state index < -0.39 is 46.6 Å². The first-order valence-corrected chi connectivity index (χ1v) is 9.51. The number of non-ortho nitro benzene ring substituents is 1. The van der Waals surface area contributed by atoms with Gasteiger partial charge in [0.25, 0.3) is 11.6 Å². The molecule has 0 spiro atoms. The smallest absolute Gasteiger partial charge is 0.343 e. The predicted octanol–water partition coefficient (Wildman–Crippen LogP) is 1.56. The molecule has 1 amide bonds. The summed E-state index contributed by atoms with van der Waals surface area (Å²) in [6.45, 7) is 1.04. The van der Waals surface area contributed by atoms with E-state index in [1.165, 1.54) is 0 Å². The first-order chi connectivity index (χ1) is 14.7. The molecular weight excluding hydrogens is 437 g/mol. The third-order valence-electron chi connectivity index (χ3n) is 3.41. The van der Waals surface area contributed by atoms with Gasteiger partial charge in [-0.1, -0.05) is 11.8 Å². The molecule has 3 N–H and O–H groups in total. The number of halogens is 1. The molecule has 0 atom stereocenters. The van der Waals surface area contributed by atoms with Gasteiger partial charge in [-0.05, 0) is 13.0 Å². The number of hydrogen-bond donors (Lipinski definition) is 2. The quantitative estimate of drug-likeness (QED) is 0.185. The van der Waals surface area contributed by atoms with Crippen molar-refractivity contribution >= 4 is 46.8 Å². The molecule has 164 valence electrons. The van der Waals surface area contributed by atoms with Crippen molar-refractivity contribution in [1.29, 1.82) is 0 Å². The summed E-state index contributed by atoms with van der Waals surface area (Å²) in [7, 11) is 0. The fourth-order valence-electron chi connectivity index (χ4n) is 2.03. The lowest BCUT2D eigenvalue weighted by Crippen LogP contribution is -2.22. The molecule has 0 bridgehead atoms. The molecule has 1 heterocycles. The van der Waals surface area contributed by atoms with Crippen LogP contribution in [0.2, 0.25) is 0 Å². The summed E-state index contributed by atoms with van der Waals surface area (Å²) in [4.78, 5) is 53.0. The van der Waals surface area contributed by atoms with Crippen LogP contribution in [0.4, 0.5) is 21.6 Å². The summed E-state index contributed by atoms with van der Waals surface area (Å²) >= 11 is 0.844. The average molecular weight is 453 g/mol. The zero-order valence-corrected chi connectivity index (χ0v) is 16.8. The van der Waals surface area contributed by atoms with Crippen molar-refractivity contribution in [1.82, 2.24) is 9.97 Å². The molecule has 1 aromatic carbocycles. The van der Waals surface area contributed by atoms with Crippen molar-refractivity contribution in [3.05, 3.63) is 45.9 Å². The van der Waals surface area contributed by atoms with Crippen molar-refractivity contribution in [3.63, 3.8) is 0 Å². The minimum atomic E-state index is -0.892. The van der Waals surface area contributed by atoms with E-state index in [1.807, 2.05) is 0 Å². The van der Waals surface area contributed by atoms with Crippen molar-refractivity contribution in [2.45, 2.75) is 12.1 Å². The number of carbonyl (C=O) groups excluding carboxylic acids is 3. The molecule has 0 aliphatic heterocycles. The third-order valence-corrected chi connectivity index (χ3v) is 4.24. The number of nitrogens with one attached hydrogen (secondary N) is 1. The number of nitrogens with zero attached hydrogens (tertiary/aromatic N) is 3. The van der Waals surface area contributed by atoms with Crippen LogP contribution in [0.15, 0.2) is 29.6 Å². The lowest BCUT2D eigenvalue weighted by Gasteiger charge is -2.08. The van der Waals surface area contributed by atoms with E-state index >= 15 is 0 Å². The number of rotatable bonds is 9. The molecule has 31 heavy (non-hydrogen) atoms. The molecule has 2 rings (SSSR count). The molecule has 12 nitrogen and oxygen atoms in total. The number of nitrogens with two attached hydrogens (primary N) is 1. The SMILES string of the molecule is CCOC(=O)c1cnc(SCC(=O)OCC(=O)Nc2cc([N+](=O)[O-])ccc2F)nc1N. The van der Waals surface area contributed by atoms with Crippen LogP contribution in [0.3, 0.4) is 0 Å². The molecule has 0 aliphatic carbocycles. The van der Waals surface area contributed by atoms with E-state index in [2.05, 4.69) is 15.3 Å². The normalized spacial score (nSPS) is 10.3. The van der Waals surface area contributed by atoms with Crippen LogP contribution in [0, 0.1) is 15.9 Å². The molecule has 2 aromatic rings. The Kier molecular flexibility index (Phi) is 8.19. The maximum Gasteiger partial charge on any atom is 0.343 e. The van der Waals surface area contributed by atoms with Crippen molar-refractivity contribution in [2.75, 3.05) is 30.0 Å². The largest absolute Gasteiger partial charge is 0.462 e. The van der Waals surface area contributed by atoms with Gasteiger partial charge in [0.2, 0.25) is 0 Å². The predicted molar refractivity (Wildman–Crippen MR) is 106 cm³/mol. The number of nitrogen functional groups attached to an aromatic ring is 1. The number of aromatic nitrogens is 2. The van der Waals surface area contributed by atoms with Gasteiger partial charge in [0.05, 0.1) is 23.0 Å². The minimum absolute atomic E-state index is 0.0150. The van der Waals surface area contributed by atoms with Crippen LogP contribution < -0.4 is 11.1 Å². The van der Waals surface area contributed by atoms with Crippen LogP contribution in [-0.2, 0) is 19.1 Å². The van der Waals surface area contributed by atoms with E-state index in [1.54, 1.807) is 6.92 Å². The number of carbonyl (C=O) groups is 3. The summed E-state index contributed by atoms with van der Waals surface area (Å²) in [6.07, 6.45) is 1.16. The Balaban J connectivity index is 1.84. The Labute approximate surface area is 178 Å². The van der Waals surface area contributed by atoms with Crippen LogP contribution in [0.25, 0.3) is 0 Å². The number of esters is 2. The molecule has 0 radical (unpaired) electrons. The number of nitro groups is 1. The minimum Gasteiger partial charge on any atom is -0.462 e. The zero-order valence-electron chi connectivity index (χ0n) is 16.0. The highest BCUT2D eigenvalue weighted by atomic mass is 32.2. The number of benzene rings is 1. The Morgan fingerprint density at radius 2 is 2.06 bits per heavy atom. The Morgan fingerprint density at radius 1 is 1.32 bits per heavy atom. The topological polar surface area (TPSA) is 177 Å². The van der Waals surface area contributed by atoms with Gasteiger partial charge in [0, 0.05) is 18.3 Å². The molecule has 0 saturated heterocycles. The molecule has 1 aromatic heterocycles. The third kappa shape index (κ3) is 6.88. The lowest BCUT2D eigenvalue weighted by molar-refractivity contribution is -0.384. The van der Waals surface area contributed by atoms with Crippen molar-refractivity contribution in [2.24, 2.45) is 0 Å². The van der Waals surface area contributed by atoms with Crippen LogP contribution in [0.1, 0.15) is 17.3 Å². The fraction of sp³-hybridized carbons (Fsp3) is 0.235. The van der Waals surface area contributed by atoms with E-state index in [4.69, 9.17) is 15.2 Å². The first-order valence-electron chi connectivity index (χ1n) is 8.53. The summed E-state index contributed by atoms with van der Waals surface area (Å²) < 4.78 is 23.2. The average Bonchev–Trinajstić information content (AvgIpc) is 2.72. The van der Waals surface area contributed by atoms with Crippen molar-refractivity contribution < 1.29 is 33.2 Å². The van der Waals surface area contributed by atoms with E-state index in [9.17, 15) is 28.9 Å². The van der Waals surface area contributed by atoms with Crippen LogP contribution >= 0.6 is 11.8 Å². The summed E-state index contributed by atoms with van der Waals surface area (Å²) in [5.41, 5.74) is 4.81. The second-order valence-electron chi connectivity index (χ2n) is 5.59. The van der Waals surface area contributed by atoms with E-state index in [0.29, 0.717) is 0 Å². The fourth-order valence-corrected chi connectivity index (χ4v) is 2.65. The van der Waals surface area contributed by atoms with Crippen LogP contribution in [-0.4, -0.2) is 51.7 Å². The maximum atomic E-state index is 13.7. The lowest BCUT2D eigenvalue weighted by atomic mass is 10.2. The molecule has 14 heteroatoms. The van der Waals surface area contributed by atoms with Gasteiger partial charge in [-0.15, -0.1) is 0 Å². The van der Waals surface area contributed by atoms with E-state index in [-0.39, 0.29) is 28.9 Å². The highest BCUT2D eigenvalue weighted by Gasteiger charge is 2.16. The van der Waals surface area contributed by atoms with Gasteiger partial charge in [-0.25, -0.2) is 19.2 Å². The van der Waals surface area contributed by atoms with Gasteiger partial charge in [0.15, 0.2) is 11.8 Å². The van der Waals surface area contributed by atoms with Gasteiger partial charge in [-0.3, -0.25) is 19.7 Å². The van der Waals surface area contributed by atoms with Crippen LogP contribution in [0.5, 0.6) is 0 Å². The van der Waals surface area contributed by atoms with Gasteiger partial charge in [0.1, 0.15) is 17.2 Å². The summed E-state index contributed by atoms with van der Waals surface area (Å²) in [5.74, 6) is -3.67. The second-order valence-corrected chi connectivity index (χ2v) is 6.53. The van der Waals surface area contributed by atoms with Crippen molar-refractivity contribution in [3.8, 4) is 0 Å². The van der Waals surface area contributed by atoms with Gasteiger partial charge >= 0.3 is 11.9 Å². The first kappa shape index (κ1) is 23.5. The highest BCUT2D eigenvalue weighted by Crippen LogP contribution is 2.21.